The fourth-order valence-electron chi connectivity index (χ4n) is 1.66. The second-order valence-corrected chi connectivity index (χ2v) is 4.33. The lowest BCUT2D eigenvalue weighted by Gasteiger charge is -1.99. The average molecular weight is 216 g/mol. The molecule has 0 amide bonds. The molecule has 0 radical (unpaired) electrons. The van der Waals surface area contributed by atoms with Crippen LogP contribution >= 0.6 is 0 Å². The molecule has 16 heavy (non-hydrogen) atoms. The van der Waals surface area contributed by atoms with Crippen molar-refractivity contribution < 1.29 is 0 Å². The molecule has 0 saturated carbocycles. The lowest BCUT2D eigenvalue weighted by atomic mass is 10.1. The monoisotopic (exact) mass is 216 g/mol. The molecule has 2 heterocycles. The normalized spacial score (nSPS) is 11.1. The predicted octanol–water partition coefficient (Wildman–Crippen LogP) is 2.61. The molecule has 0 aromatic carbocycles. The van der Waals surface area contributed by atoms with E-state index in [1.54, 1.807) is 12.4 Å². The molecule has 0 spiro atoms. The summed E-state index contributed by atoms with van der Waals surface area (Å²) in [6.07, 6.45) is 3.60. The Kier molecular flexibility index (Phi) is 2.73. The quantitative estimate of drug-likeness (QED) is 0.839. The van der Waals surface area contributed by atoms with Gasteiger partial charge in [-0.2, -0.15) is 0 Å². The first-order chi connectivity index (χ1) is 7.58. The lowest BCUT2D eigenvalue weighted by Crippen LogP contribution is -1.92. The number of hydrogen-bond donors (Lipinski definition) is 1. The van der Waals surface area contributed by atoms with Crippen molar-refractivity contribution in [1.82, 2.24) is 19.9 Å². The zero-order chi connectivity index (χ0) is 11.7. The summed E-state index contributed by atoms with van der Waals surface area (Å²) >= 11 is 0. The van der Waals surface area contributed by atoms with E-state index in [4.69, 9.17) is 0 Å². The maximum atomic E-state index is 4.53. The van der Waals surface area contributed by atoms with Crippen LogP contribution in [0.1, 0.15) is 36.7 Å². The fourth-order valence-corrected chi connectivity index (χ4v) is 1.66. The van der Waals surface area contributed by atoms with Crippen molar-refractivity contribution >= 4 is 0 Å². The molecule has 2 aromatic heterocycles. The van der Waals surface area contributed by atoms with Crippen molar-refractivity contribution in [3.05, 3.63) is 29.3 Å². The van der Waals surface area contributed by atoms with E-state index in [0.717, 1.165) is 22.8 Å². The van der Waals surface area contributed by atoms with E-state index in [9.17, 15) is 0 Å². The zero-order valence-electron chi connectivity index (χ0n) is 10.1. The molecular weight excluding hydrogens is 200 g/mol. The summed E-state index contributed by atoms with van der Waals surface area (Å²) in [6.45, 7) is 8.25. The molecular formula is C12H16N4. The van der Waals surface area contributed by atoms with E-state index >= 15 is 0 Å². The molecule has 2 rings (SSSR count). The van der Waals surface area contributed by atoms with Crippen LogP contribution in [0.2, 0.25) is 0 Å². The zero-order valence-corrected chi connectivity index (χ0v) is 10.1. The van der Waals surface area contributed by atoms with Crippen LogP contribution in [0.3, 0.4) is 0 Å². The minimum Gasteiger partial charge on any atom is -0.339 e. The van der Waals surface area contributed by atoms with Crippen molar-refractivity contribution in [2.45, 2.75) is 33.6 Å². The summed E-state index contributed by atoms with van der Waals surface area (Å²) in [5, 5.41) is 0. The van der Waals surface area contributed by atoms with E-state index in [1.807, 2.05) is 13.8 Å². The van der Waals surface area contributed by atoms with Gasteiger partial charge in [-0.05, 0) is 25.3 Å². The number of hydrogen-bond acceptors (Lipinski definition) is 3. The molecule has 0 aliphatic carbocycles. The topological polar surface area (TPSA) is 54.5 Å². The second-order valence-electron chi connectivity index (χ2n) is 4.33. The van der Waals surface area contributed by atoms with Crippen molar-refractivity contribution in [1.29, 1.82) is 0 Å². The maximum absolute atomic E-state index is 4.53. The Bertz CT molecular complexity index is 482. The van der Waals surface area contributed by atoms with Gasteiger partial charge < -0.3 is 4.98 Å². The number of aromatic amines is 1. The number of rotatable bonds is 2. The van der Waals surface area contributed by atoms with Crippen LogP contribution < -0.4 is 0 Å². The van der Waals surface area contributed by atoms with E-state index in [-0.39, 0.29) is 0 Å². The highest BCUT2D eigenvalue weighted by Gasteiger charge is 2.12. The van der Waals surface area contributed by atoms with Crippen LogP contribution in [-0.4, -0.2) is 19.9 Å². The molecule has 4 heteroatoms. The first-order valence-electron chi connectivity index (χ1n) is 5.43. The highest BCUT2D eigenvalue weighted by molar-refractivity contribution is 5.45. The minimum atomic E-state index is 0.412. The SMILES string of the molecule is Cc1cnc(-c2nc(C(C)C)c(C)[nH]2)nc1. The van der Waals surface area contributed by atoms with E-state index in [0.29, 0.717) is 11.7 Å². The maximum Gasteiger partial charge on any atom is 0.195 e. The first-order valence-corrected chi connectivity index (χ1v) is 5.43. The first kappa shape index (κ1) is 10.8. The minimum absolute atomic E-state index is 0.412. The van der Waals surface area contributed by atoms with Crippen molar-refractivity contribution in [2.24, 2.45) is 0 Å². The summed E-state index contributed by atoms with van der Waals surface area (Å²) in [5.41, 5.74) is 3.23. The molecule has 0 saturated heterocycles. The summed E-state index contributed by atoms with van der Waals surface area (Å²) in [6, 6.07) is 0. The summed E-state index contributed by atoms with van der Waals surface area (Å²) < 4.78 is 0. The molecule has 0 aliphatic rings. The Morgan fingerprint density at radius 3 is 2.25 bits per heavy atom. The number of aromatic nitrogens is 4. The number of H-pyrrole nitrogens is 1. The van der Waals surface area contributed by atoms with Gasteiger partial charge in [0.2, 0.25) is 0 Å². The fraction of sp³-hybridized carbons (Fsp3) is 0.417. The largest absolute Gasteiger partial charge is 0.339 e. The van der Waals surface area contributed by atoms with Gasteiger partial charge in [0, 0.05) is 18.1 Å². The van der Waals surface area contributed by atoms with Crippen LogP contribution in [-0.2, 0) is 0 Å². The van der Waals surface area contributed by atoms with E-state index in [2.05, 4.69) is 33.8 Å². The van der Waals surface area contributed by atoms with E-state index in [1.165, 1.54) is 0 Å². The van der Waals surface area contributed by atoms with Gasteiger partial charge in [-0.25, -0.2) is 15.0 Å². The van der Waals surface area contributed by atoms with Gasteiger partial charge in [0.1, 0.15) is 0 Å². The Morgan fingerprint density at radius 1 is 1.12 bits per heavy atom. The molecule has 0 unspecified atom stereocenters. The van der Waals surface area contributed by atoms with Crippen LogP contribution in [0.5, 0.6) is 0 Å². The third kappa shape index (κ3) is 1.96. The highest BCUT2D eigenvalue weighted by Crippen LogP contribution is 2.20. The van der Waals surface area contributed by atoms with Crippen molar-refractivity contribution in [3.63, 3.8) is 0 Å². The van der Waals surface area contributed by atoms with Gasteiger partial charge in [0.15, 0.2) is 11.6 Å². The third-order valence-electron chi connectivity index (χ3n) is 2.46. The van der Waals surface area contributed by atoms with Crippen molar-refractivity contribution in [3.8, 4) is 11.6 Å². The number of nitrogens with zero attached hydrogens (tertiary/aromatic N) is 3. The van der Waals surface area contributed by atoms with Gasteiger partial charge in [-0.3, -0.25) is 0 Å². The molecule has 4 nitrogen and oxygen atoms in total. The molecule has 0 atom stereocenters. The van der Waals surface area contributed by atoms with Gasteiger partial charge >= 0.3 is 0 Å². The summed E-state index contributed by atoms with van der Waals surface area (Å²) in [7, 11) is 0. The molecule has 0 fully saturated rings. The van der Waals surface area contributed by atoms with Gasteiger partial charge in [-0.1, -0.05) is 13.8 Å². The molecule has 84 valence electrons. The second kappa shape index (κ2) is 4.04. The molecule has 2 aromatic rings. The Hall–Kier alpha value is -1.71. The van der Waals surface area contributed by atoms with Crippen LogP contribution in [0.15, 0.2) is 12.4 Å². The van der Waals surface area contributed by atoms with Crippen LogP contribution in [0, 0.1) is 13.8 Å². The number of imidazole rings is 1. The smallest absolute Gasteiger partial charge is 0.195 e. The summed E-state index contributed by atoms with van der Waals surface area (Å²) in [5.74, 6) is 1.82. The Morgan fingerprint density at radius 2 is 1.75 bits per heavy atom. The third-order valence-corrected chi connectivity index (χ3v) is 2.46. The molecule has 0 bridgehead atoms. The Labute approximate surface area is 95.2 Å². The van der Waals surface area contributed by atoms with Gasteiger partial charge in [0.25, 0.3) is 0 Å². The average Bonchev–Trinajstić information content (AvgIpc) is 2.61. The van der Waals surface area contributed by atoms with Crippen molar-refractivity contribution in [2.75, 3.05) is 0 Å². The Balaban J connectivity index is 2.41. The number of nitrogens with one attached hydrogen (secondary N) is 1. The number of aryl methyl sites for hydroxylation is 2. The van der Waals surface area contributed by atoms with E-state index < -0.39 is 0 Å². The van der Waals surface area contributed by atoms with Crippen LogP contribution in [0.25, 0.3) is 11.6 Å². The van der Waals surface area contributed by atoms with Gasteiger partial charge in [-0.15, -0.1) is 0 Å². The predicted molar refractivity (Wildman–Crippen MR) is 63.2 cm³/mol. The molecule has 1 N–H and O–H groups in total. The highest BCUT2D eigenvalue weighted by atomic mass is 15.0. The van der Waals surface area contributed by atoms with Gasteiger partial charge in [0.05, 0.1) is 5.69 Å². The van der Waals surface area contributed by atoms with Crippen LogP contribution in [0.4, 0.5) is 0 Å². The molecule has 0 aliphatic heterocycles. The lowest BCUT2D eigenvalue weighted by molar-refractivity contribution is 0.822. The standard InChI is InChI=1S/C12H16N4/c1-7(2)10-9(4)15-12(16-10)11-13-5-8(3)6-14-11/h5-7H,1-4H3,(H,15,16). The summed E-state index contributed by atoms with van der Waals surface area (Å²) in [4.78, 5) is 16.3.